The maximum atomic E-state index is 11.7. The maximum absolute atomic E-state index is 11.7. The van der Waals surface area contributed by atoms with Crippen molar-refractivity contribution in [3.05, 3.63) is 16.4 Å². The van der Waals surface area contributed by atoms with Crippen molar-refractivity contribution in [1.29, 1.82) is 0 Å². The van der Waals surface area contributed by atoms with E-state index in [0.717, 1.165) is 4.47 Å². The summed E-state index contributed by atoms with van der Waals surface area (Å²) >= 11 is 3.30. The molecule has 0 spiro atoms. The average Bonchev–Trinajstić information content (AvgIpc) is 2.45. The van der Waals surface area contributed by atoms with Gasteiger partial charge in [-0.05, 0) is 36.7 Å². The van der Waals surface area contributed by atoms with Crippen LogP contribution in [0.25, 0.3) is 0 Å². The first-order valence-corrected chi connectivity index (χ1v) is 5.37. The molecule has 1 amide bonds. The molecule has 78 valence electrons. The standard InChI is InChI=1S/C9H14BrN3O/c1-4-13-8(7(10)5-11-13)9(14)12-6(2)3/h5-6H,4H2,1-3H3,(H,12,14). The Morgan fingerprint density at radius 3 is 2.86 bits per heavy atom. The van der Waals surface area contributed by atoms with Crippen molar-refractivity contribution >= 4 is 21.8 Å². The summed E-state index contributed by atoms with van der Waals surface area (Å²) in [5.74, 6) is -0.0915. The Bertz CT molecular complexity index is 333. The number of carbonyl (C=O) groups is 1. The second kappa shape index (κ2) is 4.59. The molecule has 0 radical (unpaired) electrons. The number of hydrogen-bond donors (Lipinski definition) is 1. The van der Waals surface area contributed by atoms with Gasteiger partial charge in [-0.3, -0.25) is 9.48 Å². The highest BCUT2D eigenvalue weighted by molar-refractivity contribution is 9.10. The third kappa shape index (κ3) is 2.35. The van der Waals surface area contributed by atoms with Crippen LogP contribution in [0.15, 0.2) is 10.7 Å². The monoisotopic (exact) mass is 259 g/mol. The zero-order valence-electron chi connectivity index (χ0n) is 8.54. The Kier molecular flexibility index (Phi) is 3.69. The van der Waals surface area contributed by atoms with E-state index in [9.17, 15) is 4.79 Å². The van der Waals surface area contributed by atoms with Crippen molar-refractivity contribution in [2.45, 2.75) is 33.4 Å². The van der Waals surface area contributed by atoms with Gasteiger partial charge in [0.1, 0.15) is 5.69 Å². The van der Waals surface area contributed by atoms with Gasteiger partial charge >= 0.3 is 0 Å². The van der Waals surface area contributed by atoms with Crippen molar-refractivity contribution < 1.29 is 4.79 Å². The Labute approximate surface area is 91.8 Å². The van der Waals surface area contributed by atoms with Crippen LogP contribution in [0.5, 0.6) is 0 Å². The van der Waals surface area contributed by atoms with E-state index in [2.05, 4.69) is 26.3 Å². The van der Waals surface area contributed by atoms with Crippen LogP contribution in [0.4, 0.5) is 0 Å². The van der Waals surface area contributed by atoms with Gasteiger partial charge in [0.15, 0.2) is 0 Å². The van der Waals surface area contributed by atoms with Crippen molar-refractivity contribution in [2.24, 2.45) is 0 Å². The fourth-order valence-electron chi connectivity index (χ4n) is 1.16. The predicted octanol–water partition coefficient (Wildman–Crippen LogP) is 1.80. The van der Waals surface area contributed by atoms with Gasteiger partial charge in [0.05, 0.1) is 10.7 Å². The van der Waals surface area contributed by atoms with E-state index >= 15 is 0 Å². The number of amides is 1. The largest absolute Gasteiger partial charge is 0.349 e. The molecular formula is C9H14BrN3O. The molecule has 0 bridgehead atoms. The smallest absolute Gasteiger partial charge is 0.270 e. The molecule has 0 aromatic carbocycles. The van der Waals surface area contributed by atoms with E-state index in [-0.39, 0.29) is 11.9 Å². The van der Waals surface area contributed by atoms with E-state index < -0.39 is 0 Å². The van der Waals surface area contributed by atoms with E-state index in [0.29, 0.717) is 12.2 Å². The molecule has 0 fully saturated rings. The fourth-order valence-corrected chi connectivity index (χ4v) is 1.63. The minimum Gasteiger partial charge on any atom is -0.349 e. The van der Waals surface area contributed by atoms with Gasteiger partial charge in [0.2, 0.25) is 0 Å². The number of carbonyl (C=O) groups excluding carboxylic acids is 1. The Morgan fingerprint density at radius 1 is 1.71 bits per heavy atom. The molecule has 1 rings (SSSR count). The minimum atomic E-state index is -0.0915. The van der Waals surface area contributed by atoms with Crippen LogP contribution in [0, 0.1) is 0 Å². The summed E-state index contributed by atoms with van der Waals surface area (Å²) in [5, 5.41) is 6.90. The summed E-state index contributed by atoms with van der Waals surface area (Å²) in [5.41, 5.74) is 0.584. The summed E-state index contributed by atoms with van der Waals surface area (Å²) in [6.07, 6.45) is 1.64. The molecule has 0 aliphatic carbocycles. The zero-order valence-corrected chi connectivity index (χ0v) is 10.1. The molecule has 0 aliphatic rings. The molecule has 1 aromatic rings. The Hall–Kier alpha value is -0.840. The highest BCUT2D eigenvalue weighted by Crippen LogP contribution is 2.15. The van der Waals surface area contributed by atoms with E-state index in [1.54, 1.807) is 10.9 Å². The van der Waals surface area contributed by atoms with Crippen molar-refractivity contribution in [3.8, 4) is 0 Å². The molecule has 14 heavy (non-hydrogen) atoms. The summed E-state index contributed by atoms with van der Waals surface area (Å²) in [6.45, 7) is 6.50. The molecule has 1 heterocycles. The van der Waals surface area contributed by atoms with Crippen LogP contribution in [-0.4, -0.2) is 21.7 Å². The summed E-state index contributed by atoms with van der Waals surface area (Å²) in [6, 6.07) is 0.134. The molecule has 1 aromatic heterocycles. The molecule has 0 aliphatic heterocycles. The number of aromatic nitrogens is 2. The minimum absolute atomic E-state index is 0.0915. The SMILES string of the molecule is CCn1ncc(Br)c1C(=O)NC(C)C. The normalized spacial score (nSPS) is 10.6. The zero-order chi connectivity index (χ0) is 10.7. The molecule has 5 heteroatoms. The van der Waals surface area contributed by atoms with Crippen LogP contribution in [0.3, 0.4) is 0 Å². The summed E-state index contributed by atoms with van der Waals surface area (Å²) in [7, 11) is 0. The van der Waals surface area contributed by atoms with Gasteiger partial charge in [-0.15, -0.1) is 0 Å². The number of rotatable bonds is 3. The highest BCUT2D eigenvalue weighted by Gasteiger charge is 2.16. The average molecular weight is 260 g/mol. The number of aryl methyl sites for hydroxylation is 1. The van der Waals surface area contributed by atoms with Gasteiger partial charge in [0.25, 0.3) is 5.91 Å². The van der Waals surface area contributed by atoms with E-state index in [1.165, 1.54) is 0 Å². The first-order chi connectivity index (χ1) is 6.56. The third-order valence-corrected chi connectivity index (χ3v) is 2.31. The molecule has 1 N–H and O–H groups in total. The third-order valence-electron chi connectivity index (χ3n) is 1.73. The second-order valence-electron chi connectivity index (χ2n) is 3.29. The quantitative estimate of drug-likeness (QED) is 0.900. The van der Waals surface area contributed by atoms with Crippen molar-refractivity contribution in [2.75, 3.05) is 0 Å². The number of nitrogens with one attached hydrogen (secondary N) is 1. The Morgan fingerprint density at radius 2 is 2.36 bits per heavy atom. The lowest BCUT2D eigenvalue weighted by Gasteiger charge is -2.09. The van der Waals surface area contributed by atoms with Gasteiger partial charge in [-0.1, -0.05) is 0 Å². The number of nitrogens with zero attached hydrogens (tertiary/aromatic N) is 2. The molecule has 0 unspecified atom stereocenters. The van der Waals surface area contributed by atoms with Crippen LogP contribution < -0.4 is 5.32 Å². The molecule has 4 nitrogen and oxygen atoms in total. The van der Waals surface area contributed by atoms with Gasteiger partial charge in [0, 0.05) is 12.6 Å². The lowest BCUT2D eigenvalue weighted by Crippen LogP contribution is -2.32. The summed E-state index contributed by atoms with van der Waals surface area (Å²) in [4.78, 5) is 11.7. The lowest BCUT2D eigenvalue weighted by molar-refractivity contribution is 0.0931. The van der Waals surface area contributed by atoms with E-state index in [4.69, 9.17) is 0 Å². The molecule has 0 saturated heterocycles. The van der Waals surface area contributed by atoms with Crippen LogP contribution >= 0.6 is 15.9 Å². The second-order valence-corrected chi connectivity index (χ2v) is 4.14. The predicted molar refractivity (Wildman–Crippen MR) is 58.2 cm³/mol. The molecule has 0 atom stereocenters. The number of hydrogen-bond acceptors (Lipinski definition) is 2. The maximum Gasteiger partial charge on any atom is 0.270 e. The summed E-state index contributed by atoms with van der Waals surface area (Å²) < 4.78 is 2.40. The first-order valence-electron chi connectivity index (χ1n) is 4.58. The van der Waals surface area contributed by atoms with Gasteiger partial charge < -0.3 is 5.32 Å². The highest BCUT2D eigenvalue weighted by atomic mass is 79.9. The van der Waals surface area contributed by atoms with Crippen molar-refractivity contribution in [1.82, 2.24) is 15.1 Å². The van der Waals surface area contributed by atoms with Crippen LogP contribution in [-0.2, 0) is 6.54 Å². The molecule has 0 saturated carbocycles. The van der Waals surface area contributed by atoms with Gasteiger partial charge in [-0.25, -0.2) is 0 Å². The van der Waals surface area contributed by atoms with Crippen LogP contribution in [0.1, 0.15) is 31.3 Å². The molecular weight excluding hydrogens is 246 g/mol. The topological polar surface area (TPSA) is 46.9 Å². The van der Waals surface area contributed by atoms with Crippen molar-refractivity contribution in [3.63, 3.8) is 0 Å². The number of halogens is 1. The van der Waals surface area contributed by atoms with Gasteiger partial charge in [-0.2, -0.15) is 5.10 Å². The van der Waals surface area contributed by atoms with E-state index in [1.807, 2.05) is 20.8 Å². The lowest BCUT2D eigenvalue weighted by atomic mass is 10.3. The first kappa shape index (κ1) is 11.2. The Balaban J connectivity index is 2.93. The van der Waals surface area contributed by atoms with Crippen LogP contribution in [0.2, 0.25) is 0 Å². The fraction of sp³-hybridized carbons (Fsp3) is 0.556.